The van der Waals surface area contributed by atoms with Gasteiger partial charge in [0.25, 0.3) is 0 Å². The van der Waals surface area contributed by atoms with E-state index in [2.05, 4.69) is 105 Å². The summed E-state index contributed by atoms with van der Waals surface area (Å²) < 4.78 is 0. The lowest BCUT2D eigenvalue weighted by Gasteiger charge is -2.26. The van der Waals surface area contributed by atoms with Crippen LogP contribution in [0, 0.1) is 13.8 Å². The van der Waals surface area contributed by atoms with Crippen molar-refractivity contribution in [3.8, 4) is 0 Å². The van der Waals surface area contributed by atoms with Crippen molar-refractivity contribution >= 4 is 17.1 Å². The van der Waals surface area contributed by atoms with Crippen LogP contribution in [0.5, 0.6) is 0 Å². The van der Waals surface area contributed by atoms with E-state index in [0.29, 0.717) is 0 Å². The average Bonchev–Trinajstić information content (AvgIpc) is 2.66. The number of nitrogens with zero attached hydrogens (tertiary/aromatic N) is 1. The molecule has 3 aromatic rings. The molecule has 0 heterocycles. The van der Waals surface area contributed by atoms with E-state index in [1.54, 1.807) is 0 Å². The first-order valence-corrected chi connectivity index (χ1v) is 8.89. The summed E-state index contributed by atoms with van der Waals surface area (Å²) >= 11 is 0. The Labute approximate surface area is 156 Å². The molecule has 0 aliphatic carbocycles. The van der Waals surface area contributed by atoms with Gasteiger partial charge in [-0.15, -0.1) is 0 Å². The van der Waals surface area contributed by atoms with Crippen LogP contribution in [0.3, 0.4) is 0 Å². The Morgan fingerprint density at radius 3 is 1.50 bits per heavy atom. The van der Waals surface area contributed by atoms with Crippen molar-refractivity contribution in [3.05, 3.63) is 114 Å². The monoisotopic (exact) mass is 339 g/mol. The summed E-state index contributed by atoms with van der Waals surface area (Å²) in [7, 11) is 0. The third-order valence-corrected chi connectivity index (χ3v) is 4.50. The predicted molar refractivity (Wildman–Crippen MR) is 114 cm³/mol. The molecule has 1 heteroatoms. The van der Waals surface area contributed by atoms with Gasteiger partial charge in [0.2, 0.25) is 0 Å². The van der Waals surface area contributed by atoms with E-state index in [9.17, 15) is 0 Å². The fraction of sp³-hybridized carbons (Fsp3) is 0.120. The van der Waals surface area contributed by atoms with Crippen LogP contribution in [0.15, 0.2) is 97.6 Å². The van der Waals surface area contributed by atoms with Crippen molar-refractivity contribution in [2.24, 2.45) is 0 Å². The molecule has 3 rings (SSSR count). The quantitative estimate of drug-likeness (QED) is 0.435. The number of hydrogen-bond acceptors (Lipinski definition) is 1. The van der Waals surface area contributed by atoms with E-state index in [-0.39, 0.29) is 0 Å². The fourth-order valence-electron chi connectivity index (χ4n) is 2.93. The minimum absolute atomic E-state index is 0.832. The van der Waals surface area contributed by atoms with Crippen LogP contribution < -0.4 is 4.90 Å². The number of anilines is 3. The van der Waals surface area contributed by atoms with Crippen LogP contribution in [0.4, 0.5) is 17.1 Å². The minimum atomic E-state index is 0.832. The topological polar surface area (TPSA) is 3.24 Å². The summed E-state index contributed by atoms with van der Waals surface area (Å²) in [6, 6.07) is 26.0. The second kappa shape index (κ2) is 7.88. The number of benzene rings is 3. The smallest absolute Gasteiger partial charge is 0.0461 e. The third kappa shape index (κ3) is 4.12. The van der Waals surface area contributed by atoms with Crippen molar-refractivity contribution in [3.63, 3.8) is 0 Å². The van der Waals surface area contributed by atoms with Crippen LogP contribution in [-0.4, -0.2) is 0 Å². The zero-order valence-corrected chi connectivity index (χ0v) is 15.6. The molecule has 1 nitrogen and oxygen atoms in total. The summed E-state index contributed by atoms with van der Waals surface area (Å²) in [5.41, 5.74) is 8.25. The van der Waals surface area contributed by atoms with Gasteiger partial charge < -0.3 is 4.90 Å². The van der Waals surface area contributed by atoms with Crippen LogP contribution in [-0.2, 0) is 6.42 Å². The summed E-state index contributed by atoms with van der Waals surface area (Å²) in [5, 5.41) is 0. The molecule has 0 saturated heterocycles. The largest absolute Gasteiger partial charge is 0.311 e. The number of allylic oxidation sites excluding steroid dienone is 2. The minimum Gasteiger partial charge on any atom is -0.311 e. The first-order chi connectivity index (χ1) is 12.6. The summed E-state index contributed by atoms with van der Waals surface area (Å²) in [6.07, 6.45) is 2.65. The molecule has 0 N–H and O–H groups in total. The number of hydrogen-bond donors (Lipinski definition) is 0. The Morgan fingerprint density at radius 2 is 1.12 bits per heavy atom. The first-order valence-electron chi connectivity index (χ1n) is 8.89. The molecule has 0 aliphatic rings. The molecule has 26 heavy (non-hydrogen) atoms. The molecule has 0 unspecified atom stereocenters. The molecule has 130 valence electrons. The highest BCUT2D eigenvalue weighted by molar-refractivity contribution is 5.76. The van der Waals surface area contributed by atoms with Gasteiger partial charge in [0.1, 0.15) is 0 Å². The van der Waals surface area contributed by atoms with E-state index in [4.69, 9.17) is 0 Å². The molecular formula is C25H25N. The third-order valence-electron chi connectivity index (χ3n) is 4.50. The molecule has 0 radical (unpaired) electrons. The molecule has 0 amide bonds. The van der Waals surface area contributed by atoms with Gasteiger partial charge in [0.05, 0.1) is 0 Å². The maximum absolute atomic E-state index is 4.01. The highest BCUT2D eigenvalue weighted by atomic mass is 15.1. The molecule has 0 atom stereocenters. The Balaban J connectivity index is 2.00. The SMILES string of the molecule is C=CC(=C)Cc1ccc(N(c2ccc(C)cc2)c2ccc(C)cc2)cc1. The van der Waals surface area contributed by atoms with Gasteiger partial charge in [-0.1, -0.05) is 72.3 Å². The lowest BCUT2D eigenvalue weighted by atomic mass is 10.1. The van der Waals surface area contributed by atoms with Gasteiger partial charge in [0, 0.05) is 17.1 Å². The van der Waals surface area contributed by atoms with Crippen molar-refractivity contribution in [2.75, 3.05) is 4.90 Å². The second-order valence-corrected chi connectivity index (χ2v) is 6.71. The maximum atomic E-state index is 4.01. The van der Waals surface area contributed by atoms with E-state index in [0.717, 1.165) is 29.1 Å². The lowest BCUT2D eigenvalue weighted by Crippen LogP contribution is -2.10. The molecule has 0 spiro atoms. The van der Waals surface area contributed by atoms with Crippen LogP contribution in [0.25, 0.3) is 0 Å². The molecule has 3 aromatic carbocycles. The van der Waals surface area contributed by atoms with E-state index in [1.807, 2.05) is 6.08 Å². The van der Waals surface area contributed by atoms with Gasteiger partial charge in [0.15, 0.2) is 0 Å². The average molecular weight is 339 g/mol. The van der Waals surface area contributed by atoms with E-state index in [1.165, 1.54) is 16.7 Å². The van der Waals surface area contributed by atoms with Crippen molar-refractivity contribution in [1.82, 2.24) is 0 Å². The highest BCUT2D eigenvalue weighted by Gasteiger charge is 2.12. The molecule has 0 saturated carbocycles. The standard InChI is InChI=1S/C25H25N/c1-5-19(2)18-22-10-16-25(17-11-22)26(23-12-6-20(3)7-13-23)24-14-8-21(4)9-15-24/h5-17H,1-2,18H2,3-4H3. The van der Waals surface area contributed by atoms with Gasteiger partial charge >= 0.3 is 0 Å². The Kier molecular flexibility index (Phi) is 5.38. The van der Waals surface area contributed by atoms with Crippen LogP contribution in [0.2, 0.25) is 0 Å². The first kappa shape index (κ1) is 17.8. The maximum Gasteiger partial charge on any atom is 0.0461 e. The summed E-state index contributed by atoms with van der Waals surface area (Å²) in [4.78, 5) is 2.28. The van der Waals surface area contributed by atoms with Gasteiger partial charge in [-0.2, -0.15) is 0 Å². The van der Waals surface area contributed by atoms with E-state index < -0.39 is 0 Å². The van der Waals surface area contributed by atoms with Crippen molar-refractivity contribution in [1.29, 1.82) is 0 Å². The van der Waals surface area contributed by atoms with Gasteiger partial charge in [-0.05, 0) is 62.2 Å². The van der Waals surface area contributed by atoms with Gasteiger partial charge in [-0.3, -0.25) is 0 Å². The normalized spacial score (nSPS) is 10.4. The highest BCUT2D eigenvalue weighted by Crippen LogP contribution is 2.34. The zero-order chi connectivity index (χ0) is 18.5. The van der Waals surface area contributed by atoms with Crippen LogP contribution in [0.1, 0.15) is 16.7 Å². The Hall–Kier alpha value is -3.06. The zero-order valence-electron chi connectivity index (χ0n) is 15.6. The Bertz CT molecular complexity index is 839. The fourth-order valence-corrected chi connectivity index (χ4v) is 2.93. The second-order valence-electron chi connectivity index (χ2n) is 6.71. The summed E-state index contributed by atoms with van der Waals surface area (Å²) in [5.74, 6) is 0. The van der Waals surface area contributed by atoms with Crippen molar-refractivity contribution < 1.29 is 0 Å². The molecule has 0 fully saturated rings. The lowest BCUT2D eigenvalue weighted by molar-refractivity contribution is 1.20. The van der Waals surface area contributed by atoms with E-state index >= 15 is 0 Å². The summed E-state index contributed by atoms with van der Waals surface area (Å²) in [6.45, 7) is 12.0. The van der Waals surface area contributed by atoms with Gasteiger partial charge in [-0.25, -0.2) is 0 Å². The molecular weight excluding hydrogens is 314 g/mol. The van der Waals surface area contributed by atoms with Crippen molar-refractivity contribution in [2.45, 2.75) is 20.3 Å². The predicted octanol–water partition coefficient (Wildman–Crippen LogP) is 7.06. The molecule has 0 bridgehead atoms. The molecule has 0 aromatic heterocycles. The number of aryl methyl sites for hydroxylation is 2. The number of rotatable bonds is 6. The molecule has 0 aliphatic heterocycles. The Morgan fingerprint density at radius 1 is 0.731 bits per heavy atom. The van der Waals surface area contributed by atoms with Crippen LogP contribution >= 0.6 is 0 Å².